The lowest BCUT2D eigenvalue weighted by Gasteiger charge is -2.22. The normalized spacial score (nSPS) is 20.9. The molecule has 6 heteroatoms. The molecular formula is C16H24N2O3S. The van der Waals surface area contributed by atoms with Crippen molar-refractivity contribution in [1.82, 2.24) is 4.90 Å². The van der Waals surface area contributed by atoms with E-state index in [-0.39, 0.29) is 18.1 Å². The van der Waals surface area contributed by atoms with Gasteiger partial charge >= 0.3 is 0 Å². The number of hydrogen-bond donors (Lipinski definition) is 1. The molecule has 5 nitrogen and oxygen atoms in total. The first-order chi connectivity index (χ1) is 10.6. The van der Waals surface area contributed by atoms with E-state index < -0.39 is 0 Å². The molecular weight excluding hydrogens is 300 g/mol. The highest BCUT2D eigenvalue weighted by Crippen LogP contribution is 2.29. The van der Waals surface area contributed by atoms with E-state index in [0.29, 0.717) is 13.1 Å². The Hall–Kier alpha value is -1.24. The Morgan fingerprint density at radius 3 is 2.86 bits per heavy atom. The SMILES string of the molecule is COc1cc(CN(C)C(=O)[C@@H]2CC[C@H](CN)O2)ccc1SC. The molecule has 1 fully saturated rings. The summed E-state index contributed by atoms with van der Waals surface area (Å²) in [6.07, 6.45) is 3.28. The third kappa shape index (κ3) is 3.94. The van der Waals surface area contributed by atoms with Crippen LogP contribution < -0.4 is 10.5 Å². The van der Waals surface area contributed by atoms with Crippen LogP contribution in [0.1, 0.15) is 18.4 Å². The first-order valence-electron chi connectivity index (χ1n) is 7.40. The van der Waals surface area contributed by atoms with Crippen LogP contribution in [0.2, 0.25) is 0 Å². The maximum Gasteiger partial charge on any atom is 0.251 e. The van der Waals surface area contributed by atoms with Crippen LogP contribution in [0.25, 0.3) is 0 Å². The third-order valence-corrected chi connectivity index (χ3v) is 4.67. The van der Waals surface area contributed by atoms with Gasteiger partial charge in [-0.1, -0.05) is 6.07 Å². The number of amides is 1. The zero-order valence-corrected chi connectivity index (χ0v) is 14.2. The summed E-state index contributed by atoms with van der Waals surface area (Å²) >= 11 is 1.64. The first-order valence-corrected chi connectivity index (χ1v) is 8.63. The Labute approximate surface area is 136 Å². The van der Waals surface area contributed by atoms with Crippen LogP contribution in [0.15, 0.2) is 23.1 Å². The van der Waals surface area contributed by atoms with Crippen molar-refractivity contribution in [1.29, 1.82) is 0 Å². The molecule has 2 rings (SSSR count). The number of thioether (sulfide) groups is 1. The average molecular weight is 324 g/mol. The molecule has 0 bridgehead atoms. The van der Waals surface area contributed by atoms with E-state index in [0.717, 1.165) is 29.1 Å². The molecule has 2 atom stereocenters. The lowest BCUT2D eigenvalue weighted by molar-refractivity contribution is -0.141. The fourth-order valence-corrected chi connectivity index (χ4v) is 3.18. The van der Waals surface area contributed by atoms with Crippen molar-refractivity contribution in [3.63, 3.8) is 0 Å². The van der Waals surface area contributed by atoms with E-state index in [4.69, 9.17) is 15.2 Å². The summed E-state index contributed by atoms with van der Waals surface area (Å²) < 4.78 is 11.1. The van der Waals surface area contributed by atoms with Gasteiger partial charge in [0.15, 0.2) is 0 Å². The molecule has 0 saturated carbocycles. The number of carbonyl (C=O) groups is 1. The van der Waals surface area contributed by atoms with Gasteiger partial charge in [-0.25, -0.2) is 0 Å². The summed E-state index contributed by atoms with van der Waals surface area (Å²) in [6.45, 7) is 1.01. The van der Waals surface area contributed by atoms with Crippen molar-refractivity contribution in [2.24, 2.45) is 5.73 Å². The molecule has 122 valence electrons. The van der Waals surface area contributed by atoms with Crippen molar-refractivity contribution in [2.45, 2.75) is 36.5 Å². The topological polar surface area (TPSA) is 64.8 Å². The number of hydrogen-bond acceptors (Lipinski definition) is 5. The highest BCUT2D eigenvalue weighted by Gasteiger charge is 2.31. The van der Waals surface area contributed by atoms with Crippen LogP contribution in [0, 0.1) is 0 Å². The van der Waals surface area contributed by atoms with Crippen LogP contribution in [-0.2, 0) is 16.1 Å². The lowest BCUT2D eigenvalue weighted by atomic mass is 10.1. The fourth-order valence-electron chi connectivity index (χ4n) is 2.64. The maximum absolute atomic E-state index is 12.4. The van der Waals surface area contributed by atoms with Crippen LogP contribution in [0.5, 0.6) is 5.75 Å². The molecule has 22 heavy (non-hydrogen) atoms. The van der Waals surface area contributed by atoms with Crippen LogP contribution in [-0.4, -0.2) is 50.0 Å². The summed E-state index contributed by atoms with van der Waals surface area (Å²) in [6, 6.07) is 6.03. The van der Waals surface area contributed by atoms with Crippen LogP contribution >= 0.6 is 11.8 Å². The fraction of sp³-hybridized carbons (Fsp3) is 0.562. The Kier molecular flexibility index (Phi) is 6.11. The quantitative estimate of drug-likeness (QED) is 0.810. The number of carbonyl (C=O) groups excluding carboxylic acids is 1. The molecule has 1 amide bonds. The second kappa shape index (κ2) is 7.85. The first kappa shape index (κ1) is 17.1. The van der Waals surface area contributed by atoms with E-state index in [1.54, 1.807) is 30.8 Å². The van der Waals surface area contributed by atoms with E-state index >= 15 is 0 Å². The summed E-state index contributed by atoms with van der Waals surface area (Å²) in [5.41, 5.74) is 6.63. The molecule has 1 heterocycles. The van der Waals surface area contributed by atoms with Gasteiger partial charge in [0, 0.05) is 25.0 Å². The van der Waals surface area contributed by atoms with Gasteiger partial charge in [0.05, 0.1) is 13.2 Å². The van der Waals surface area contributed by atoms with Crippen molar-refractivity contribution < 1.29 is 14.3 Å². The standard InChI is InChI=1S/C16H24N2O3S/c1-18(16(19)13-6-5-12(9-17)21-13)10-11-4-7-15(22-3)14(8-11)20-2/h4,7-8,12-13H,5-6,9-10,17H2,1-3H3/t12-,13+/m1/s1. The monoisotopic (exact) mass is 324 g/mol. The highest BCUT2D eigenvalue weighted by atomic mass is 32.2. The maximum atomic E-state index is 12.4. The molecule has 0 spiro atoms. The molecule has 0 aromatic heterocycles. The van der Waals surface area contributed by atoms with E-state index in [2.05, 4.69) is 0 Å². The Balaban J connectivity index is 1.99. The molecule has 1 aromatic rings. The van der Waals surface area contributed by atoms with E-state index in [9.17, 15) is 4.79 Å². The Morgan fingerprint density at radius 1 is 1.50 bits per heavy atom. The van der Waals surface area contributed by atoms with Gasteiger partial charge in [-0.05, 0) is 36.8 Å². The summed E-state index contributed by atoms with van der Waals surface area (Å²) in [5.74, 6) is 0.857. The zero-order chi connectivity index (χ0) is 16.1. The summed E-state index contributed by atoms with van der Waals surface area (Å²) in [7, 11) is 3.46. The molecule has 1 saturated heterocycles. The number of likely N-dealkylation sites (N-methyl/N-ethyl adjacent to an activating group) is 1. The van der Waals surface area contributed by atoms with Crippen LogP contribution in [0.4, 0.5) is 0 Å². The van der Waals surface area contributed by atoms with Crippen molar-refractivity contribution >= 4 is 17.7 Å². The number of rotatable bonds is 6. The third-order valence-electron chi connectivity index (χ3n) is 3.89. The van der Waals surface area contributed by atoms with Gasteiger partial charge in [-0.3, -0.25) is 4.79 Å². The predicted molar refractivity (Wildman–Crippen MR) is 88.2 cm³/mol. The van der Waals surface area contributed by atoms with Crippen molar-refractivity contribution in [2.75, 3.05) is 27.0 Å². The molecule has 1 aromatic carbocycles. The second-order valence-electron chi connectivity index (χ2n) is 5.44. The molecule has 2 N–H and O–H groups in total. The smallest absolute Gasteiger partial charge is 0.251 e. The number of methoxy groups -OCH3 is 1. The minimum Gasteiger partial charge on any atom is -0.496 e. The molecule has 0 aliphatic carbocycles. The van der Waals surface area contributed by atoms with Crippen LogP contribution in [0.3, 0.4) is 0 Å². The van der Waals surface area contributed by atoms with Gasteiger partial charge in [0.25, 0.3) is 5.91 Å². The lowest BCUT2D eigenvalue weighted by Crippen LogP contribution is -2.36. The van der Waals surface area contributed by atoms with Gasteiger partial charge in [-0.15, -0.1) is 11.8 Å². The summed E-state index contributed by atoms with van der Waals surface area (Å²) in [4.78, 5) is 15.2. The van der Waals surface area contributed by atoms with Crippen molar-refractivity contribution in [3.05, 3.63) is 23.8 Å². The minimum atomic E-state index is -0.356. The van der Waals surface area contributed by atoms with Gasteiger partial charge in [0.1, 0.15) is 11.9 Å². The number of nitrogens with two attached hydrogens (primary N) is 1. The highest BCUT2D eigenvalue weighted by molar-refractivity contribution is 7.98. The molecule has 0 unspecified atom stereocenters. The van der Waals surface area contributed by atoms with Gasteiger partial charge < -0.3 is 20.1 Å². The largest absolute Gasteiger partial charge is 0.496 e. The van der Waals surface area contributed by atoms with Gasteiger partial charge in [0.2, 0.25) is 0 Å². The number of nitrogens with zero attached hydrogens (tertiary/aromatic N) is 1. The average Bonchev–Trinajstić information content (AvgIpc) is 3.02. The summed E-state index contributed by atoms with van der Waals surface area (Å²) in [5, 5.41) is 0. The van der Waals surface area contributed by atoms with E-state index in [1.807, 2.05) is 24.5 Å². The minimum absolute atomic E-state index is 0.0170. The Bertz CT molecular complexity index is 524. The molecule has 0 radical (unpaired) electrons. The van der Waals surface area contributed by atoms with E-state index in [1.165, 1.54) is 0 Å². The molecule has 1 aliphatic rings. The molecule has 1 aliphatic heterocycles. The van der Waals surface area contributed by atoms with Gasteiger partial charge in [-0.2, -0.15) is 0 Å². The number of ether oxygens (including phenoxy) is 2. The number of benzene rings is 1. The second-order valence-corrected chi connectivity index (χ2v) is 6.29. The Morgan fingerprint density at radius 2 is 2.27 bits per heavy atom. The zero-order valence-electron chi connectivity index (χ0n) is 13.4. The van der Waals surface area contributed by atoms with Crippen molar-refractivity contribution in [3.8, 4) is 5.75 Å². The predicted octanol–water partition coefficient (Wildman–Crippen LogP) is 1.88.